The number of likely N-dealkylation sites (tertiary alicyclic amines) is 1. The van der Waals surface area contributed by atoms with Crippen LogP contribution >= 0.6 is 0 Å². The molecule has 0 aliphatic carbocycles. The number of carbonyl (C=O) groups is 2. The van der Waals surface area contributed by atoms with Crippen molar-refractivity contribution in [3.8, 4) is 0 Å². The predicted molar refractivity (Wildman–Crippen MR) is 114 cm³/mol. The van der Waals surface area contributed by atoms with Gasteiger partial charge in [-0.05, 0) is 26.1 Å². The number of hydrogen-bond donors (Lipinski definition) is 1. The van der Waals surface area contributed by atoms with Crippen molar-refractivity contribution in [1.29, 1.82) is 0 Å². The SMILES string of the molecule is CCN(CC)CCN1C(=O)C(=O)C(=C(O)c2ccc(C)cc2)[C@@H]1c1ccccc1F. The quantitative estimate of drug-likeness (QED) is 0.427. The van der Waals surface area contributed by atoms with Gasteiger partial charge in [-0.3, -0.25) is 9.59 Å². The highest BCUT2D eigenvalue weighted by Crippen LogP contribution is 2.40. The van der Waals surface area contributed by atoms with Crippen LogP contribution in [0.25, 0.3) is 5.76 Å². The Kier molecular flexibility index (Phi) is 6.67. The molecule has 1 amide bonds. The van der Waals surface area contributed by atoms with E-state index in [1.54, 1.807) is 30.3 Å². The van der Waals surface area contributed by atoms with Gasteiger partial charge in [0.2, 0.25) is 0 Å². The summed E-state index contributed by atoms with van der Waals surface area (Å²) in [5, 5.41) is 11.0. The number of amides is 1. The molecule has 1 atom stereocenters. The average molecular weight is 410 g/mol. The van der Waals surface area contributed by atoms with E-state index in [9.17, 15) is 19.1 Å². The van der Waals surface area contributed by atoms with E-state index in [0.29, 0.717) is 12.1 Å². The second-order valence-electron chi connectivity index (χ2n) is 7.41. The second kappa shape index (κ2) is 9.22. The third-order valence-electron chi connectivity index (χ3n) is 5.62. The first-order valence-electron chi connectivity index (χ1n) is 10.2. The van der Waals surface area contributed by atoms with E-state index in [-0.39, 0.29) is 23.4 Å². The summed E-state index contributed by atoms with van der Waals surface area (Å²) in [6, 6.07) is 12.1. The van der Waals surface area contributed by atoms with E-state index >= 15 is 0 Å². The molecule has 6 heteroatoms. The number of aliphatic hydroxyl groups is 1. The fourth-order valence-corrected chi connectivity index (χ4v) is 3.79. The van der Waals surface area contributed by atoms with Crippen LogP contribution in [0.2, 0.25) is 0 Å². The van der Waals surface area contributed by atoms with Gasteiger partial charge >= 0.3 is 0 Å². The lowest BCUT2D eigenvalue weighted by Gasteiger charge is -2.28. The molecule has 1 saturated heterocycles. The Hall–Kier alpha value is -2.99. The number of likely N-dealkylation sites (N-methyl/N-ethyl adjacent to an activating group) is 1. The maximum atomic E-state index is 14.7. The van der Waals surface area contributed by atoms with Crippen molar-refractivity contribution in [2.24, 2.45) is 0 Å². The fraction of sp³-hybridized carbons (Fsp3) is 0.333. The van der Waals surface area contributed by atoms with Crippen LogP contribution in [-0.2, 0) is 9.59 Å². The number of Topliss-reactive ketones (excluding diaryl/α,β-unsaturated/α-hetero) is 1. The van der Waals surface area contributed by atoms with E-state index in [1.807, 2.05) is 32.9 Å². The minimum atomic E-state index is -0.969. The lowest BCUT2D eigenvalue weighted by Crippen LogP contribution is -2.38. The fourth-order valence-electron chi connectivity index (χ4n) is 3.79. The smallest absolute Gasteiger partial charge is 0.295 e. The van der Waals surface area contributed by atoms with Gasteiger partial charge in [-0.1, -0.05) is 61.9 Å². The number of aryl methyl sites for hydroxylation is 1. The van der Waals surface area contributed by atoms with E-state index < -0.39 is 23.5 Å². The first kappa shape index (κ1) is 21.7. The van der Waals surface area contributed by atoms with Crippen LogP contribution in [0.5, 0.6) is 0 Å². The summed E-state index contributed by atoms with van der Waals surface area (Å²) in [5.41, 5.74) is 1.54. The average Bonchev–Trinajstić information content (AvgIpc) is 2.99. The summed E-state index contributed by atoms with van der Waals surface area (Å²) in [6.45, 7) is 8.36. The Labute approximate surface area is 176 Å². The molecule has 2 aromatic rings. The van der Waals surface area contributed by atoms with E-state index in [2.05, 4.69) is 4.90 Å². The molecule has 0 saturated carbocycles. The highest BCUT2D eigenvalue weighted by atomic mass is 19.1. The highest BCUT2D eigenvalue weighted by Gasteiger charge is 2.46. The van der Waals surface area contributed by atoms with Crippen LogP contribution in [0.3, 0.4) is 0 Å². The van der Waals surface area contributed by atoms with Crippen LogP contribution in [-0.4, -0.2) is 52.8 Å². The van der Waals surface area contributed by atoms with Crippen molar-refractivity contribution in [1.82, 2.24) is 9.80 Å². The summed E-state index contributed by atoms with van der Waals surface area (Å²) in [7, 11) is 0. The van der Waals surface area contributed by atoms with E-state index in [0.717, 1.165) is 18.7 Å². The molecule has 2 aromatic carbocycles. The summed E-state index contributed by atoms with van der Waals surface area (Å²) < 4.78 is 14.7. The maximum absolute atomic E-state index is 14.7. The zero-order chi connectivity index (χ0) is 21.8. The van der Waals surface area contributed by atoms with Gasteiger partial charge in [0.25, 0.3) is 11.7 Å². The Bertz CT molecular complexity index is 965. The van der Waals surface area contributed by atoms with Crippen LogP contribution in [0.4, 0.5) is 4.39 Å². The Balaban J connectivity index is 2.11. The molecule has 0 spiro atoms. The molecule has 0 aromatic heterocycles. The van der Waals surface area contributed by atoms with Crippen LogP contribution < -0.4 is 0 Å². The van der Waals surface area contributed by atoms with Crippen molar-refractivity contribution in [3.63, 3.8) is 0 Å². The second-order valence-corrected chi connectivity index (χ2v) is 7.41. The zero-order valence-electron chi connectivity index (χ0n) is 17.6. The molecule has 1 heterocycles. The molecular weight excluding hydrogens is 383 g/mol. The molecular formula is C24H27FN2O3. The number of benzene rings is 2. The van der Waals surface area contributed by atoms with Gasteiger partial charge in [-0.2, -0.15) is 0 Å². The summed E-state index contributed by atoms with van der Waals surface area (Å²) in [5.74, 6) is -2.32. The summed E-state index contributed by atoms with van der Waals surface area (Å²) in [6.07, 6.45) is 0. The molecule has 1 N–H and O–H groups in total. The van der Waals surface area contributed by atoms with Crippen LogP contribution in [0.15, 0.2) is 54.1 Å². The number of ketones is 1. The third-order valence-corrected chi connectivity index (χ3v) is 5.62. The third kappa shape index (κ3) is 4.14. The Morgan fingerprint density at radius 1 is 1.07 bits per heavy atom. The molecule has 5 nitrogen and oxygen atoms in total. The van der Waals surface area contributed by atoms with Gasteiger partial charge in [-0.15, -0.1) is 0 Å². The molecule has 1 aliphatic heterocycles. The summed E-state index contributed by atoms with van der Waals surface area (Å²) in [4.78, 5) is 29.3. The van der Waals surface area contributed by atoms with Gasteiger partial charge in [-0.25, -0.2) is 4.39 Å². The number of aliphatic hydroxyl groups excluding tert-OH is 1. The van der Waals surface area contributed by atoms with Crippen molar-refractivity contribution in [2.75, 3.05) is 26.2 Å². The number of nitrogens with zero attached hydrogens (tertiary/aromatic N) is 2. The maximum Gasteiger partial charge on any atom is 0.295 e. The molecule has 30 heavy (non-hydrogen) atoms. The Morgan fingerprint density at radius 3 is 2.30 bits per heavy atom. The minimum absolute atomic E-state index is 0.0755. The number of rotatable bonds is 7. The molecule has 158 valence electrons. The normalized spacial score (nSPS) is 18.4. The molecule has 0 radical (unpaired) electrons. The molecule has 3 rings (SSSR count). The van der Waals surface area contributed by atoms with Gasteiger partial charge in [0.15, 0.2) is 0 Å². The lowest BCUT2D eigenvalue weighted by molar-refractivity contribution is -0.140. The van der Waals surface area contributed by atoms with Crippen molar-refractivity contribution in [3.05, 3.63) is 76.6 Å². The molecule has 0 bridgehead atoms. The topological polar surface area (TPSA) is 60.9 Å². The van der Waals surface area contributed by atoms with Crippen molar-refractivity contribution >= 4 is 17.4 Å². The van der Waals surface area contributed by atoms with Gasteiger partial charge in [0.05, 0.1) is 11.6 Å². The zero-order valence-corrected chi connectivity index (χ0v) is 17.6. The Morgan fingerprint density at radius 2 is 1.70 bits per heavy atom. The first-order chi connectivity index (χ1) is 14.4. The number of carbonyl (C=O) groups excluding carboxylic acids is 2. The van der Waals surface area contributed by atoms with E-state index in [1.165, 1.54) is 11.0 Å². The minimum Gasteiger partial charge on any atom is -0.507 e. The molecule has 1 fully saturated rings. The van der Waals surface area contributed by atoms with Crippen molar-refractivity contribution in [2.45, 2.75) is 26.8 Å². The van der Waals surface area contributed by atoms with Gasteiger partial charge in [0, 0.05) is 24.2 Å². The van der Waals surface area contributed by atoms with E-state index in [4.69, 9.17) is 0 Å². The first-order valence-corrected chi connectivity index (χ1v) is 10.2. The predicted octanol–water partition coefficient (Wildman–Crippen LogP) is 3.90. The van der Waals surface area contributed by atoms with Gasteiger partial charge in [0.1, 0.15) is 11.6 Å². The van der Waals surface area contributed by atoms with Crippen LogP contribution in [0.1, 0.15) is 36.6 Å². The van der Waals surface area contributed by atoms with Crippen molar-refractivity contribution < 1.29 is 19.1 Å². The monoisotopic (exact) mass is 410 g/mol. The van der Waals surface area contributed by atoms with Crippen LogP contribution in [0, 0.1) is 12.7 Å². The summed E-state index contributed by atoms with van der Waals surface area (Å²) >= 11 is 0. The standard InChI is InChI=1S/C24H27FN2O3/c1-4-26(5-2)14-15-27-21(18-8-6-7-9-19(18)25)20(23(29)24(27)30)22(28)17-12-10-16(3)11-13-17/h6-13,21,28H,4-5,14-15H2,1-3H3/t21-/m0/s1. The van der Waals surface area contributed by atoms with Gasteiger partial charge < -0.3 is 14.9 Å². The molecule has 1 aliphatic rings. The largest absolute Gasteiger partial charge is 0.507 e. The molecule has 0 unspecified atom stereocenters. The highest BCUT2D eigenvalue weighted by molar-refractivity contribution is 6.46. The lowest BCUT2D eigenvalue weighted by atomic mass is 9.94. The number of halogens is 1. The number of hydrogen-bond acceptors (Lipinski definition) is 4.